The molecule has 0 spiro atoms. The molecule has 3 fully saturated rings. The predicted molar refractivity (Wildman–Crippen MR) is 176 cm³/mol. The molecule has 7 rings (SSSR count). The number of benzene rings is 2. The molecular weight excluding hydrogens is 599 g/mol. The van der Waals surface area contributed by atoms with Gasteiger partial charge in [0.15, 0.2) is 5.82 Å². The van der Waals surface area contributed by atoms with Gasteiger partial charge in [0.05, 0.1) is 23.6 Å². The van der Waals surface area contributed by atoms with E-state index in [0.29, 0.717) is 40.8 Å². The highest BCUT2D eigenvalue weighted by Gasteiger charge is 2.32. The van der Waals surface area contributed by atoms with Crippen molar-refractivity contribution in [3.8, 4) is 28.1 Å². The second kappa shape index (κ2) is 13.1. The third-order valence-corrected chi connectivity index (χ3v) is 10.0. The van der Waals surface area contributed by atoms with Crippen LogP contribution in [0.5, 0.6) is 5.75 Å². The number of nitrogens with zero attached hydrogens (tertiary/aromatic N) is 5. The van der Waals surface area contributed by atoms with Crippen LogP contribution in [0.2, 0.25) is 0 Å². The fourth-order valence-electron chi connectivity index (χ4n) is 7.39. The van der Waals surface area contributed by atoms with E-state index in [1.807, 2.05) is 41.3 Å². The van der Waals surface area contributed by atoms with Gasteiger partial charge in [-0.25, -0.2) is 4.39 Å². The Bertz CT molecular complexity index is 1780. The highest BCUT2D eigenvalue weighted by molar-refractivity contribution is 6.01. The monoisotopic (exact) mass is 638 g/mol. The molecule has 244 valence electrons. The summed E-state index contributed by atoms with van der Waals surface area (Å²) in [6, 6.07) is 14.4. The number of aromatic nitrogens is 4. The number of halogens is 1. The Hall–Kier alpha value is -4.84. The molecule has 4 heterocycles. The fraction of sp³-hybridized carbons (Fsp3) is 0.400. The molecule has 0 unspecified atom stereocenters. The van der Waals surface area contributed by atoms with E-state index in [0.717, 1.165) is 62.7 Å². The number of hydrogen-bond acceptors (Lipinski definition) is 9. The van der Waals surface area contributed by atoms with Gasteiger partial charge in [0.1, 0.15) is 17.6 Å². The van der Waals surface area contributed by atoms with Gasteiger partial charge in [0, 0.05) is 48.4 Å². The lowest BCUT2D eigenvalue weighted by Crippen LogP contribution is -2.47. The van der Waals surface area contributed by atoms with Crippen LogP contribution in [0.15, 0.2) is 60.9 Å². The van der Waals surface area contributed by atoms with Crippen molar-refractivity contribution in [1.29, 1.82) is 0 Å². The number of rotatable bonds is 7. The number of likely N-dealkylation sites (tertiary alicyclic amines) is 1. The van der Waals surface area contributed by atoms with Gasteiger partial charge < -0.3 is 21.1 Å². The van der Waals surface area contributed by atoms with Crippen LogP contribution < -0.4 is 16.4 Å². The van der Waals surface area contributed by atoms with Gasteiger partial charge >= 0.3 is 0 Å². The van der Waals surface area contributed by atoms with Crippen molar-refractivity contribution in [1.82, 2.24) is 30.2 Å². The summed E-state index contributed by atoms with van der Waals surface area (Å²) in [6.07, 6.45) is 10.2. The first-order chi connectivity index (χ1) is 22.8. The zero-order chi connectivity index (χ0) is 32.5. The van der Waals surface area contributed by atoms with Crippen molar-refractivity contribution in [2.75, 3.05) is 24.1 Å². The zero-order valence-electron chi connectivity index (χ0n) is 26.1. The van der Waals surface area contributed by atoms with Gasteiger partial charge in [-0.05, 0) is 80.7 Å². The number of piperidine rings is 2. The molecule has 5 N–H and O–H groups in total. The van der Waals surface area contributed by atoms with Crippen molar-refractivity contribution in [3.05, 3.63) is 72.3 Å². The Kier molecular flexibility index (Phi) is 8.59. The fourth-order valence-corrected chi connectivity index (χ4v) is 7.39. The van der Waals surface area contributed by atoms with E-state index in [9.17, 15) is 14.7 Å². The number of hydrogen-bond donors (Lipinski definition) is 4. The topological polar surface area (TPSA) is 151 Å². The molecule has 2 aromatic heterocycles. The van der Waals surface area contributed by atoms with Crippen LogP contribution in [0, 0.1) is 5.82 Å². The molecule has 1 atom stereocenters. The van der Waals surface area contributed by atoms with Gasteiger partial charge in [-0.1, -0.05) is 24.3 Å². The summed E-state index contributed by atoms with van der Waals surface area (Å²) >= 11 is 0. The number of carbonyl (C=O) groups excluding carboxylic acids is 2. The number of nitrogens with one attached hydrogen (secondary N) is 2. The van der Waals surface area contributed by atoms with Crippen LogP contribution in [0.3, 0.4) is 0 Å². The molecule has 2 saturated heterocycles. The molecule has 1 saturated carbocycles. The van der Waals surface area contributed by atoms with Crippen LogP contribution >= 0.6 is 0 Å². The lowest BCUT2D eigenvalue weighted by atomic mass is 9.80. The van der Waals surface area contributed by atoms with E-state index in [1.54, 1.807) is 24.3 Å². The van der Waals surface area contributed by atoms with Crippen molar-refractivity contribution in [2.45, 2.75) is 75.4 Å². The Morgan fingerprint density at radius 3 is 2.47 bits per heavy atom. The summed E-state index contributed by atoms with van der Waals surface area (Å²) in [6.45, 7) is 1.95. The van der Waals surface area contributed by atoms with E-state index in [4.69, 9.17) is 5.73 Å². The van der Waals surface area contributed by atoms with Crippen LogP contribution in [0.4, 0.5) is 15.9 Å². The number of anilines is 2. The lowest BCUT2D eigenvalue weighted by Gasteiger charge is -2.41. The maximum Gasteiger partial charge on any atom is 0.249 e. The molecule has 11 nitrogen and oxygen atoms in total. The SMILES string of the molecule is Nc1nnc(-c2ccccc2O)cc1-c1cnn(C2CCN(C3CCC(c4cccc(N[C@H]5CCC(=O)NC5=O)c4F)CC3)CC2)c1. The van der Waals surface area contributed by atoms with Gasteiger partial charge in [0.2, 0.25) is 11.8 Å². The van der Waals surface area contributed by atoms with Crippen LogP contribution in [0.25, 0.3) is 22.4 Å². The average molecular weight is 639 g/mol. The number of nitrogens with two attached hydrogens (primary N) is 1. The number of carbonyl (C=O) groups is 2. The highest BCUT2D eigenvalue weighted by Crippen LogP contribution is 2.39. The quantitative estimate of drug-likeness (QED) is 0.205. The number of amides is 2. The van der Waals surface area contributed by atoms with Gasteiger partial charge in [-0.2, -0.15) is 5.10 Å². The number of imide groups is 1. The smallest absolute Gasteiger partial charge is 0.249 e. The van der Waals surface area contributed by atoms with E-state index < -0.39 is 11.9 Å². The van der Waals surface area contributed by atoms with E-state index in [1.165, 1.54) is 0 Å². The van der Waals surface area contributed by atoms with Crippen LogP contribution in [0.1, 0.15) is 68.9 Å². The Morgan fingerprint density at radius 2 is 1.70 bits per heavy atom. The summed E-state index contributed by atoms with van der Waals surface area (Å²) < 4.78 is 17.6. The minimum Gasteiger partial charge on any atom is -0.507 e. The number of nitrogen functional groups attached to an aromatic ring is 1. The molecule has 47 heavy (non-hydrogen) atoms. The van der Waals surface area contributed by atoms with Crippen molar-refractivity contribution >= 4 is 23.3 Å². The standard InChI is InChI=1S/C35H39FN8O3/c36-33-25(5-3-6-28(33)39-29-12-13-32(46)40-35(29)47)21-8-10-23(11-9-21)43-16-14-24(15-17-43)44-20-22(19-38-44)27-18-30(41-42-34(27)37)26-4-1-2-7-31(26)45/h1-7,18-21,23-24,29,39,45H,8-17H2,(H2,37,42)(H,40,46,47)/t21?,23?,29-/m0/s1. The van der Waals surface area contributed by atoms with E-state index in [-0.39, 0.29) is 35.9 Å². The summed E-state index contributed by atoms with van der Waals surface area (Å²) in [7, 11) is 0. The first-order valence-electron chi connectivity index (χ1n) is 16.4. The number of phenolic OH excluding ortho intramolecular Hbond substituents is 1. The summed E-state index contributed by atoms with van der Waals surface area (Å²) in [5.74, 6) is -0.405. The van der Waals surface area contributed by atoms with E-state index >= 15 is 4.39 Å². The Labute approximate surface area is 272 Å². The minimum atomic E-state index is -0.613. The Morgan fingerprint density at radius 1 is 0.915 bits per heavy atom. The predicted octanol–water partition coefficient (Wildman–Crippen LogP) is 5.01. The first kappa shape index (κ1) is 30.8. The minimum absolute atomic E-state index is 0.133. The summed E-state index contributed by atoms with van der Waals surface area (Å²) in [5, 5.41) is 28.6. The van der Waals surface area contributed by atoms with Gasteiger partial charge in [0.25, 0.3) is 0 Å². The second-order valence-electron chi connectivity index (χ2n) is 12.9. The van der Waals surface area contributed by atoms with Crippen molar-refractivity contribution in [2.24, 2.45) is 0 Å². The molecular formula is C35H39FN8O3. The van der Waals surface area contributed by atoms with E-state index in [2.05, 4.69) is 30.8 Å². The third-order valence-electron chi connectivity index (χ3n) is 10.0. The molecule has 2 aromatic carbocycles. The maximum atomic E-state index is 15.6. The summed E-state index contributed by atoms with van der Waals surface area (Å²) in [4.78, 5) is 26.3. The molecule has 2 amide bonds. The van der Waals surface area contributed by atoms with Gasteiger partial charge in [-0.3, -0.25) is 19.6 Å². The highest BCUT2D eigenvalue weighted by atomic mass is 19.1. The first-order valence-corrected chi connectivity index (χ1v) is 16.4. The Balaban J connectivity index is 0.939. The molecule has 0 radical (unpaired) electrons. The average Bonchev–Trinajstić information content (AvgIpc) is 3.58. The molecule has 1 aliphatic carbocycles. The molecule has 0 bridgehead atoms. The largest absolute Gasteiger partial charge is 0.507 e. The number of aromatic hydroxyl groups is 1. The number of phenols is 1. The van der Waals surface area contributed by atoms with Crippen molar-refractivity contribution < 1.29 is 19.1 Å². The van der Waals surface area contributed by atoms with Gasteiger partial charge in [-0.15, -0.1) is 10.2 Å². The maximum absolute atomic E-state index is 15.6. The van der Waals surface area contributed by atoms with Crippen LogP contribution in [-0.4, -0.2) is 67.0 Å². The lowest BCUT2D eigenvalue weighted by molar-refractivity contribution is -0.133. The normalized spacial score (nSPS) is 22.6. The molecule has 3 aliphatic rings. The molecule has 2 aliphatic heterocycles. The molecule has 4 aromatic rings. The molecule has 12 heteroatoms. The number of para-hydroxylation sites is 1. The van der Waals surface area contributed by atoms with Crippen molar-refractivity contribution in [3.63, 3.8) is 0 Å². The third kappa shape index (κ3) is 6.42. The summed E-state index contributed by atoms with van der Waals surface area (Å²) in [5.41, 5.74) is 9.95. The second-order valence-corrected chi connectivity index (χ2v) is 12.9. The van der Waals surface area contributed by atoms with Crippen LogP contribution in [-0.2, 0) is 9.59 Å². The zero-order valence-corrected chi connectivity index (χ0v) is 26.1.